The van der Waals surface area contributed by atoms with E-state index in [1.165, 1.54) is 12.8 Å². The molecule has 2 saturated carbocycles. The van der Waals surface area contributed by atoms with Crippen molar-refractivity contribution in [3.05, 3.63) is 12.2 Å². The molecule has 0 aliphatic heterocycles. The summed E-state index contributed by atoms with van der Waals surface area (Å²) in [6.45, 7) is 8.94. The lowest BCUT2D eigenvalue weighted by Gasteiger charge is -2.36. The monoisotopic (exact) mass is 480 g/mol. The van der Waals surface area contributed by atoms with Crippen molar-refractivity contribution >= 4 is 0 Å². The van der Waals surface area contributed by atoms with Crippen molar-refractivity contribution in [3.8, 4) is 0 Å². The molecular weight excluding hydrogens is 424 g/mol. The first-order valence-electron chi connectivity index (χ1n) is 14.3. The van der Waals surface area contributed by atoms with Crippen molar-refractivity contribution in [2.24, 2.45) is 34.5 Å². The number of hydrogen-bond acceptors (Lipinski definition) is 4. The SMILES string of the molecule is CC(C)(CO)CCCCC1CCCC(C=CC2CCCC(CCCCC(C)(C)CO)C2O)C1O. The fourth-order valence-electron chi connectivity index (χ4n) is 6.13. The molecule has 0 radical (unpaired) electrons. The highest BCUT2D eigenvalue weighted by molar-refractivity contribution is 5.02. The molecule has 6 unspecified atom stereocenters. The van der Waals surface area contributed by atoms with Gasteiger partial charge in [-0.05, 0) is 74.0 Å². The molecule has 2 rings (SSSR count). The average Bonchev–Trinajstić information content (AvgIpc) is 2.81. The minimum Gasteiger partial charge on any atom is -0.396 e. The third kappa shape index (κ3) is 9.91. The van der Waals surface area contributed by atoms with Gasteiger partial charge in [0.15, 0.2) is 0 Å². The molecule has 6 atom stereocenters. The summed E-state index contributed by atoms with van der Waals surface area (Å²) in [5, 5.41) is 41.0. The van der Waals surface area contributed by atoms with E-state index < -0.39 is 0 Å². The van der Waals surface area contributed by atoms with Gasteiger partial charge in [0.2, 0.25) is 0 Å². The van der Waals surface area contributed by atoms with Crippen molar-refractivity contribution in [3.63, 3.8) is 0 Å². The molecular formula is C30H56O4. The Labute approximate surface area is 210 Å². The molecule has 0 amide bonds. The van der Waals surface area contributed by atoms with Gasteiger partial charge in [-0.15, -0.1) is 0 Å². The summed E-state index contributed by atoms with van der Waals surface area (Å²) in [7, 11) is 0. The van der Waals surface area contributed by atoms with Crippen LogP contribution in [0.3, 0.4) is 0 Å². The molecule has 34 heavy (non-hydrogen) atoms. The Morgan fingerprint density at radius 3 is 1.35 bits per heavy atom. The number of aliphatic hydroxyl groups is 4. The highest BCUT2D eigenvalue weighted by atomic mass is 16.3. The van der Waals surface area contributed by atoms with E-state index in [0.717, 1.165) is 77.0 Å². The minimum atomic E-state index is -0.262. The van der Waals surface area contributed by atoms with Gasteiger partial charge < -0.3 is 20.4 Å². The van der Waals surface area contributed by atoms with Crippen LogP contribution in [0.4, 0.5) is 0 Å². The Morgan fingerprint density at radius 1 is 0.618 bits per heavy atom. The Balaban J connectivity index is 1.78. The van der Waals surface area contributed by atoms with Gasteiger partial charge in [-0.2, -0.15) is 0 Å². The fraction of sp³-hybridized carbons (Fsp3) is 0.933. The molecule has 0 aromatic rings. The molecule has 4 nitrogen and oxygen atoms in total. The molecule has 4 N–H and O–H groups in total. The quantitative estimate of drug-likeness (QED) is 0.175. The van der Waals surface area contributed by atoms with E-state index in [2.05, 4.69) is 39.8 Å². The van der Waals surface area contributed by atoms with Crippen LogP contribution in [0.1, 0.15) is 118 Å². The van der Waals surface area contributed by atoms with E-state index in [-0.39, 0.29) is 48.1 Å². The van der Waals surface area contributed by atoms with Crippen LogP contribution in [0.2, 0.25) is 0 Å². The molecule has 0 aromatic heterocycles. The van der Waals surface area contributed by atoms with Crippen LogP contribution in [0, 0.1) is 34.5 Å². The van der Waals surface area contributed by atoms with Gasteiger partial charge in [-0.3, -0.25) is 0 Å². The van der Waals surface area contributed by atoms with Crippen molar-refractivity contribution < 1.29 is 20.4 Å². The van der Waals surface area contributed by atoms with E-state index in [0.29, 0.717) is 11.8 Å². The zero-order valence-corrected chi connectivity index (χ0v) is 22.7. The second-order valence-electron chi connectivity index (χ2n) is 13.2. The summed E-state index contributed by atoms with van der Waals surface area (Å²) >= 11 is 0. The Hall–Kier alpha value is -0.420. The molecule has 2 aliphatic rings. The number of aliphatic hydroxyl groups excluding tert-OH is 4. The van der Waals surface area contributed by atoms with Gasteiger partial charge >= 0.3 is 0 Å². The molecule has 0 heterocycles. The van der Waals surface area contributed by atoms with Gasteiger partial charge in [0.05, 0.1) is 12.2 Å². The first-order chi connectivity index (χ1) is 16.1. The van der Waals surface area contributed by atoms with E-state index in [1.807, 2.05) is 0 Å². The lowest BCUT2D eigenvalue weighted by atomic mass is 9.73. The predicted molar refractivity (Wildman–Crippen MR) is 141 cm³/mol. The summed E-state index contributed by atoms with van der Waals surface area (Å²) in [6, 6.07) is 0. The number of unbranched alkanes of at least 4 members (excludes halogenated alkanes) is 2. The zero-order valence-electron chi connectivity index (χ0n) is 22.7. The normalized spacial score (nSPS) is 31.3. The topological polar surface area (TPSA) is 80.9 Å². The largest absolute Gasteiger partial charge is 0.396 e. The highest BCUT2D eigenvalue weighted by Gasteiger charge is 2.33. The van der Waals surface area contributed by atoms with Crippen LogP contribution in [0.5, 0.6) is 0 Å². The van der Waals surface area contributed by atoms with Crippen LogP contribution >= 0.6 is 0 Å². The van der Waals surface area contributed by atoms with Gasteiger partial charge in [0.25, 0.3) is 0 Å². The van der Waals surface area contributed by atoms with Crippen LogP contribution < -0.4 is 0 Å². The molecule has 0 saturated heterocycles. The minimum absolute atomic E-state index is 0.00512. The Morgan fingerprint density at radius 2 is 1.00 bits per heavy atom. The maximum Gasteiger partial charge on any atom is 0.0630 e. The maximum atomic E-state index is 11.0. The fourth-order valence-corrected chi connectivity index (χ4v) is 6.13. The van der Waals surface area contributed by atoms with Crippen LogP contribution in [0.15, 0.2) is 12.2 Å². The van der Waals surface area contributed by atoms with E-state index >= 15 is 0 Å². The molecule has 0 spiro atoms. The summed E-state index contributed by atoms with van der Waals surface area (Å²) in [4.78, 5) is 0. The summed E-state index contributed by atoms with van der Waals surface area (Å²) in [5.41, 5.74) is 0.0102. The number of hydrogen-bond donors (Lipinski definition) is 4. The van der Waals surface area contributed by atoms with E-state index in [9.17, 15) is 20.4 Å². The Bertz CT molecular complexity index is 534. The average molecular weight is 481 g/mol. The van der Waals surface area contributed by atoms with E-state index in [4.69, 9.17) is 0 Å². The summed E-state index contributed by atoms with van der Waals surface area (Å²) < 4.78 is 0. The molecule has 4 heteroatoms. The lowest BCUT2D eigenvalue weighted by Crippen LogP contribution is -2.34. The van der Waals surface area contributed by atoms with Crippen molar-refractivity contribution in [1.82, 2.24) is 0 Å². The van der Waals surface area contributed by atoms with Crippen molar-refractivity contribution in [2.75, 3.05) is 13.2 Å². The number of rotatable bonds is 14. The van der Waals surface area contributed by atoms with Gasteiger partial charge in [0, 0.05) is 25.0 Å². The zero-order chi connectivity index (χ0) is 25.2. The van der Waals surface area contributed by atoms with Gasteiger partial charge in [-0.1, -0.05) is 78.4 Å². The lowest BCUT2D eigenvalue weighted by molar-refractivity contribution is 0.0247. The van der Waals surface area contributed by atoms with E-state index in [1.54, 1.807) is 0 Å². The van der Waals surface area contributed by atoms with Crippen LogP contribution in [0.25, 0.3) is 0 Å². The standard InChI is InChI=1S/C30H56O4/c1-29(2,21-31)19-7-5-11-23-13-9-15-25(27(23)33)17-18-26-16-10-14-24(28(26)34)12-6-8-20-30(3,4)22-32/h17-18,23-28,31-34H,5-16,19-22H2,1-4H3. The predicted octanol–water partition coefficient (Wildman–Crippen LogP) is 6.25. The maximum absolute atomic E-state index is 11.0. The molecule has 2 fully saturated rings. The third-order valence-corrected chi connectivity index (χ3v) is 8.89. The molecule has 0 bridgehead atoms. The second kappa shape index (κ2) is 14.4. The van der Waals surface area contributed by atoms with Crippen LogP contribution in [-0.2, 0) is 0 Å². The van der Waals surface area contributed by atoms with Gasteiger partial charge in [-0.25, -0.2) is 0 Å². The third-order valence-electron chi connectivity index (χ3n) is 8.89. The first kappa shape index (κ1) is 29.8. The van der Waals surface area contributed by atoms with Crippen molar-refractivity contribution in [2.45, 2.75) is 130 Å². The molecule has 2 aliphatic carbocycles. The van der Waals surface area contributed by atoms with Crippen molar-refractivity contribution in [1.29, 1.82) is 0 Å². The summed E-state index contributed by atoms with van der Waals surface area (Å²) in [5.74, 6) is 1.21. The first-order valence-corrected chi connectivity index (χ1v) is 14.3. The molecule has 0 aromatic carbocycles. The van der Waals surface area contributed by atoms with Crippen LogP contribution in [-0.4, -0.2) is 45.8 Å². The summed E-state index contributed by atoms with van der Waals surface area (Å²) in [6.07, 6.45) is 19.4. The second-order valence-corrected chi connectivity index (χ2v) is 13.2. The van der Waals surface area contributed by atoms with Gasteiger partial charge in [0.1, 0.15) is 0 Å². The highest BCUT2D eigenvalue weighted by Crippen LogP contribution is 2.37. The Kier molecular flexibility index (Phi) is 12.6. The molecule has 200 valence electrons. The smallest absolute Gasteiger partial charge is 0.0630 e.